The summed E-state index contributed by atoms with van der Waals surface area (Å²) in [4.78, 5) is 6.95. The van der Waals surface area contributed by atoms with E-state index in [0.717, 1.165) is 25.5 Å². The molecule has 1 aliphatic rings. The first-order valence-corrected chi connectivity index (χ1v) is 7.77. The summed E-state index contributed by atoms with van der Waals surface area (Å²) < 4.78 is 5.95. The van der Waals surface area contributed by atoms with Gasteiger partial charge >= 0.3 is 0 Å². The van der Waals surface area contributed by atoms with E-state index in [4.69, 9.17) is 4.74 Å². The quantitative estimate of drug-likeness (QED) is 0.929. The zero-order valence-electron chi connectivity index (χ0n) is 14.2. The van der Waals surface area contributed by atoms with Crippen LogP contribution in [0.4, 0.5) is 5.82 Å². The molecule has 0 aromatic carbocycles. The fourth-order valence-corrected chi connectivity index (χ4v) is 2.70. The summed E-state index contributed by atoms with van der Waals surface area (Å²) in [6.07, 6.45) is 2.21. The molecule has 4 heteroatoms. The van der Waals surface area contributed by atoms with E-state index in [1.807, 2.05) is 6.20 Å². The molecule has 118 valence electrons. The van der Waals surface area contributed by atoms with Crippen LogP contribution in [0.5, 0.6) is 0 Å². The van der Waals surface area contributed by atoms with Crippen LogP contribution < -0.4 is 10.2 Å². The third-order valence-corrected chi connectivity index (χ3v) is 3.53. The van der Waals surface area contributed by atoms with Gasteiger partial charge in [0.05, 0.1) is 11.7 Å². The molecule has 0 bridgehead atoms. The Morgan fingerprint density at radius 2 is 2.10 bits per heavy atom. The molecule has 4 nitrogen and oxygen atoms in total. The number of anilines is 1. The minimum Gasteiger partial charge on any atom is -0.369 e. The monoisotopic (exact) mass is 291 g/mol. The van der Waals surface area contributed by atoms with Crippen molar-refractivity contribution in [2.45, 2.75) is 65.3 Å². The third-order valence-electron chi connectivity index (χ3n) is 3.53. The lowest BCUT2D eigenvalue weighted by molar-refractivity contribution is -0.0751. The Hall–Kier alpha value is -1.13. The molecule has 0 radical (unpaired) electrons. The molecule has 0 aliphatic carbocycles. The van der Waals surface area contributed by atoms with Gasteiger partial charge in [-0.15, -0.1) is 0 Å². The van der Waals surface area contributed by atoms with Crippen molar-refractivity contribution in [2.75, 3.05) is 18.0 Å². The minimum atomic E-state index is -0.119. The maximum absolute atomic E-state index is 5.95. The molecule has 1 aliphatic heterocycles. The molecular formula is C17H29N3O. The Bertz CT molecular complexity index is 462. The second-order valence-electron chi connectivity index (χ2n) is 7.70. The molecule has 2 heterocycles. The van der Waals surface area contributed by atoms with Gasteiger partial charge in [-0.3, -0.25) is 0 Å². The predicted molar refractivity (Wildman–Crippen MR) is 87.7 cm³/mol. The summed E-state index contributed by atoms with van der Waals surface area (Å²) in [5, 5.41) is 3.48. The molecule has 1 fully saturated rings. The highest BCUT2D eigenvalue weighted by molar-refractivity contribution is 5.40. The molecule has 0 amide bonds. The Morgan fingerprint density at radius 3 is 2.62 bits per heavy atom. The van der Waals surface area contributed by atoms with E-state index in [9.17, 15) is 0 Å². The largest absolute Gasteiger partial charge is 0.369 e. The van der Waals surface area contributed by atoms with Crippen molar-refractivity contribution in [3.8, 4) is 0 Å². The lowest BCUT2D eigenvalue weighted by atomic mass is 10.1. The number of hydrogen-bond donors (Lipinski definition) is 1. The fraction of sp³-hybridized carbons (Fsp3) is 0.706. The maximum atomic E-state index is 5.95. The van der Waals surface area contributed by atoms with Gasteiger partial charge in [0.15, 0.2) is 0 Å². The topological polar surface area (TPSA) is 37.4 Å². The minimum absolute atomic E-state index is 0.119. The normalized spacial score (nSPS) is 22.4. The number of rotatable bonds is 3. The van der Waals surface area contributed by atoms with E-state index in [1.54, 1.807) is 0 Å². The number of aromatic nitrogens is 1. The molecule has 1 aromatic rings. The molecule has 1 saturated heterocycles. The maximum Gasteiger partial charge on any atom is 0.128 e. The van der Waals surface area contributed by atoms with Gasteiger partial charge in [0.25, 0.3) is 0 Å². The van der Waals surface area contributed by atoms with Gasteiger partial charge in [-0.1, -0.05) is 6.07 Å². The molecule has 2 rings (SSSR count). The van der Waals surface area contributed by atoms with Crippen molar-refractivity contribution in [2.24, 2.45) is 0 Å². The van der Waals surface area contributed by atoms with Crippen LogP contribution in [0.1, 0.15) is 47.1 Å². The molecule has 21 heavy (non-hydrogen) atoms. The van der Waals surface area contributed by atoms with Gasteiger partial charge in [0, 0.05) is 31.4 Å². The number of morpholine rings is 1. The van der Waals surface area contributed by atoms with E-state index in [-0.39, 0.29) is 17.2 Å². The first-order chi connectivity index (χ1) is 9.65. The SMILES string of the molecule is CC1CN(c2ccc(CNC(C)(C)C)cn2)CC(C)(C)O1. The Morgan fingerprint density at radius 1 is 1.38 bits per heavy atom. The molecule has 1 aromatic heterocycles. The average molecular weight is 291 g/mol. The van der Waals surface area contributed by atoms with Crippen molar-refractivity contribution < 1.29 is 4.74 Å². The highest BCUT2D eigenvalue weighted by Crippen LogP contribution is 2.24. The van der Waals surface area contributed by atoms with E-state index < -0.39 is 0 Å². The fourth-order valence-electron chi connectivity index (χ4n) is 2.70. The van der Waals surface area contributed by atoms with Crippen LogP contribution in [0.25, 0.3) is 0 Å². The summed E-state index contributed by atoms with van der Waals surface area (Å²) in [7, 11) is 0. The lowest BCUT2D eigenvalue weighted by Crippen LogP contribution is -2.52. The molecule has 0 saturated carbocycles. The second kappa shape index (κ2) is 5.93. The van der Waals surface area contributed by atoms with E-state index in [2.05, 4.69) is 68.9 Å². The number of hydrogen-bond acceptors (Lipinski definition) is 4. The number of nitrogens with one attached hydrogen (secondary N) is 1. The zero-order valence-corrected chi connectivity index (χ0v) is 14.2. The van der Waals surface area contributed by atoms with Gasteiger partial charge in [0.1, 0.15) is 5.82 Å². The van der Waals surface area contributed by atoms with Crippen LogP contribution in [0.15, 0.2) is 18.3 Å². The van der Waals surface area contributed by atoms with Crippen LogP contribution in [-0.4, -0.2) is 35.3 Å². The van der Waals surface area contributed by atoms with Gasteiger partial charge < -0.3 is 15.0 Å². The Kier molecular flexibility index (Phi) is 4.59. The zero-order chi connectivity index (χ0) is 15.7. The predicted octanol–water partition coefficient (Wildman–Crippen LogP) is 2.97. The van der Waals surface area contributed by atoms with E-state index in [0.29, 0.717) is 0 Å². The van der Waals surface area contributed by atoms with Gasteiger partial charge in [-0.25, -0.2) is 4.98 Å². The van der Waals surface area contributed by atoms with Crippen LogP contribution in [0.3, 0.4) is 0 Å². The summed E-state index contributed by atoms with van der Waals surface area (Å²) >= 11 is 0. The summed E-state index contributed by atoms with van der Waals surface area (Å²) in [5.74, 6) is 1.04. The first kappa shape index (κ1) is 16.2. The van der Waals surface area contributed by atoms with Crippen molar-refractivity contribution in [1.29, 1.82) is 0 Å². The second-order valence-corrected chi connectivity index (χ2v) is 7.70. The van der Waals surface area contributed by atoms with E-state index in [1.165, 1.54) is 5.56 Å². The molecule has 1 N–H and O–H groups in total. The number of pyridine rings is 1. The molecule has 1 atom stereocenters. The highest BCUT2D eigenvalue weighted by Gasteiger charge is 2.31. The van der Waals surface area contributed by atoms with Crippen LogP contribution in [-0.2, 0) is 11.3 Å². The Balaban J connectivity index is 2.01. The standard InChI is InChI=1S/C17H29N3O/c1-13-11-20(12-17(5,6)21-13)15-8-7-14(9-18-15)10-19-16(2,3)4/h7-9,13,19H,10-12H2,1-6H3. The third kappa shape index (κ3) is 4.97. The lowest BCUT2D eigenvalue weighted by Gasteiger charge is -2.42. The molecular weight excluding hydrogens is 262 g/mol. The van der Waals surface area contributed by atoms with Crippen molar-refractivity contribution in [3.05, 3.63) is 23.9 Å². The average Bonchev–Trinajstić information content (AvgIpc) is 2.33. The van der Waals surface area contributed by atoms with Crippen LogP contribution in [0, 0.1) is 0 Å². The van der Waals surface area contributed by atoms with E-state index >= 15 is 0 Å². The number of ether oxygens (including phenoxy) is 1. The smallest absolute Gasteiger partial charge is 0.128 e. The summed E-state index contributed by atoms with van der Waals surface area (Å²) in [6.45, 7) is 15.5. The Labute approximate surface area is 128 Å². The van der Waals surface area contributed by atoms with Crippen molar-refractivity contribution >= 4 is 5.82 Å². The first-order valence-electron chi connectivity index (χ1n) is 7.77. The molecule has 1 unspecified atom stereocenters. The number of nitrogens with zero attached hydrogens (tertiary/aromatic N) is 2. The summed E-state index contributed by atoms with van der Waals surface area (Å²) in [5.41, 5.74) is 1.22. The van der Waals surface area contributed by atoms with Gasteiger partial charge in [-0.2, -0.15) is 0 Å². The highest BCUT2D eigenvalue weighted by atomic mass is 16.5. The van der Waals surface area contributed by atoms with Crippen molar-refractivity contribution in [3.63, 3.8) is 0 Å². The van der Waals surface area contributed by atoms with Crippen molar-refractivity contribution in [1.82, 2.24) is 10.3 Å². The molecule has 0 spiro atoms. The van der Waals surface area contributed by atoms with Crippen LogP contribution in [0.2, 0.25) is 0 Å². The van der Waals surface area contributed by atoms with Crippen LogP contribution >= 0.6 is 0 Å². The summed E-state index contributed by atoms with van der Waals surface area (Å²) in [6, 6.07) is 4.28. The van der Waals surface area contributed by atoms with Gasteiger partial charge in [0.2, 0.25) is 0 Å². The van der Waals surface area contributed by atoms with Gasteiger partial charge in [-0.05, 0) is 53.2 Å².